The van der Waals surface area contributed by atoms with Gasteiger partial charge >= 0.3 is 0 Å². The van der Waals surface area contributed by atoms with E-state index in [1.54, 1.807) is 12.1 Å². The summed E-state index contributed by atoms with van der Waals surface area (Å²) in [5.74, 6) is -0.334. The maximum Gasteiger partial charge on any atom is 0.243 e. The minimum Gasteiger partial charge on any atom is -0.350 e. The maximum atomic E-state index is 13.0. The van der Waals surface area contributed by atoms with Gasteiger partial charge in [-0.3, -0.25) is 4.79 Å². The number of hydrogen-bond donors (Lipinski definition) is 1. The Hall–Kier alpha value is -2.88. The zero-order valence-electron chi connectivity index (χ0n) is 13.2. The molecule has 0 fully saturated rings. The number of carbonyl (C=O) groups is 1. The minimum absolute atomic E-state index is 0.0561. The topological polar surface area (TPSA) is 34.0 Å². The highest BCUT2D eigenvalue weighted by molar-refractivity contribution is 5.80. The van der Waals surface area contributed by atoms with Gasteiger partial charge in [-0.05, 0) is 35.4 Å². The first-order valence-electron chi connectivity index (χ1n) is 7.91. The van der Waals surface area contributed by atoms with Gasteiger partial charge in [-0.1, -0.05) is 42.5 Å². The lowest BCUT2D eigenvalue weighted by atomic mass is 10.0. The van der Waals surface area contributed by atoms with Crippen molar-refractivity contribution in [3.8, 4) is 0 Å². The molecule has 0 unspecified atom stereocenters. The molecular formula is C20H19FN2O. The van der Waals surface area contributed by atoms with Crippen molar-refractivity contribution in [2.45, 2.75) is 19.0 Å². The van der Waals surface area contributed by atoms with Crippen LogP contribution in [-0.2, 0) is 17.8 Å². The van der Waals surface area contributed by atoms with Gasteiger partial charge in [-0.25, -0.2) is 4.39 Å². The molecule has 122 valence electrons. The number of halogens is 1. The first kappa shape index (κ1) is 16.0. The zero-order chi connectivity index (χ0) is 16.8. The van der Waals surface area contributed by atoms with E-state index in [9.17, 15) is 9.18 Å². The molecule has 0 saturated carbocycles. The van der Waals surface area contributed by atoms with Crippen LogP contribution < -0.4 is 5.32 Å². The van der Waals surface area contributed by atoms with E-state index in [1.165, 1.54) is 12.1 Å². The standard InChI is InChI=1S/C20H19FN2O/c21-18-10-8-17(9-11-18)15-22-20(24)19(23-12-4-5-13-23)14-16-6-2-1-3-7-16/h1-13,19H,14-15H2,(H,22,24)/t19-/m1/s1. The fourth-order valence-electron chi connectivity index (χ4n) is 2.64. The lowest BCUT2D eigenvalue weighted by Gasteiger charge is -2.19. The molecule has 3 aromatic rings. The Morgan fingerprint density at radius 3 is 2.25 bits per heavy atom. The van der Waals surface area contributed by atoms with Crippen molar-refractivity contribution in [2.24, 2.45) is 0 Å². The van der Waals surface area contributed by atoms with E-state index in [0.717, 1.165) is 11.1 Å². The number of nitrogens with one attached hydrogen (secondary N) is 1. The molecule has 4 heteroatoms. The van der Waals surface area contributed by atoms with Crippen molar-refractivity contribution in [1.82, 2.24) is 9.88 Å². The van der Waals surface area contributed by atoms with Gasteiger partial charge in [0.1, 0.15) is 11.9 Å². The van der Waals surface area contributed by atoms with Crippen molar-refractivity contribution < 1.29 is 9.18 Å². The minimum atomic E-state index is -0.317. The van der Waals surface area contributed by atoms with Crippen molar-refractivity contribution >= 4 is 5.91 Å². The third kappa shape index (κ3) is 4.10. The number of aromatic nitrogens is 1. The van der Waals surface area contributed by atoms with Gasteiger partial charge in [0.05, 0.1) is 0 Å². The molecule has 1 atom stereocenters. The molecule has 1 amide bonds. The molecule has 1 aromatic heterocycles. The Kier molecular flexibility index (Phi) is 5.06. The lowest BCUT2D eigenvalue weighted by molar-refractivity contribution is -0.124. The predicted octanol–water partition coefficient (Wildman–Crippen LogP) is 3.73. The van der Waals surface area contributed by atoms with Crippen LogP contribution >= 0.6 is 0 Å². The van der Waals surface area contributed by atoms with Crippen molar-refractivity contribution in [2.75, 3.05) is 0 Å². The van der Waals surface area contributed by atoms with Crippen LogP contribution in [0.2, 0.25) is 0 Å². The largest absolute Gasteiger partial charge is 0.350 e. The molecular weight excluding hydrogens is 303 g/mol. The summed E-state index contributed by atoms with van der Waals surface area (Å²) in [7, 11) is 0. The molecule has 2 aromatic carbocycles. The van der Waals surface area contributed by atoms with Gasteiger partial charge in [0, 0.05) is 25.4 Å². The fourth-order valence-corrected chi connectivity index (χ4v) is 2.64. The number of benzene rings is 2. The van der Waals surface area contributed by atoms with Crippen LogP contribution in [0.1, 0.15) is 17.2 Å². The first-order valence-corrected chi connectivity index (χ1v) is 7.91. The Balaban J connectivity index is 1.70. The van der Waals surface area contributed by atoms with E-state index >= 15 is 0 Å². The summed E-state index contributed by atoms with van der Waals surface area (Å²) >= 11 is 0. The second-order valence-electron chi connectivity index (χ2n) is 5.68. The monoisotopic (exact) mass is 322 g/mol. The summed E-state index contributed by atoms with van der Waals surface area (Å²) in [5, 5.41) is 2.94. The molecule has 0 spiro atoms. The lowest BCUT2D eigenvalue weighted by Crippen LogP contribution is -2.33. The Morgan fingerprint density at radius 1 is 0.917 bits per heavy atom. The highest BCUT2D eigenvalue weighted by Crippen LogP contribution is 2.15. The van der Waals surface area contributed by atoms with Gasteiger partial charge in [-0.15, -0.1) is 0 Å². The molecule has 0 saturated heterocycles. The highest BCUT2D eigenvalue weighted by Gasteiger charge is 2.19. The summed E-state index contributed by atoms with van der Waals surface area (Å²) in [6, 6.07) is 19.6. The number of nitrogens with zero attached hydrogens (tertiary/aromatic N) is 1. The van der Waals surface area contributed by atoms with Gasteiger partial charge in [0.2, 0.25) is 5.91 Å². The summed E-state index contributed by atoms with van der Waals surface area (Å²) in [6.07, 6.45) is 4.40. The van der Waals surface area contributed by atoms with Crippen LogP contribution in [-0.4, -0.2) is 10.5 Å². The van der Waals surface area contributed by atoms with E-state index < -0.39 is 0 Å². The normalized spacial score (nSPS) is 11.9. The van der Waals surface area contributed by atoms with Crippen LogP contribution in [0.4, 0.5) is 4.39 Å². The zero-order valence-corrected chi connectivity index (χ0v) is 13.2. The van der Waals surface area contributed by atoms with E-state index in [2.05, 4.69) is 5.32 Å². The molecule has 3 rings (SSSR count). The third-order valence-electron chi connectivity index (χ3n) is 3.94. The van der Waals surface area contributed by atoms with Gasteiger partial charge in [0.15, 0.2) is 0 Å². The first-order chi connectivity index (χ1) is 11.7. The summed E-state index contributed by atoms with van der Waals surface area (Å²) in [5.41, 5.74) is 1.98. The van der Waals surface area contributed by atoms with E-state index in [-0.39, 0.29) is 17.8 Å². The smallest absolute Gasteiger partial charge is 0.243 e. The average Bonchev–Trinajstić information content (AvgIpc) is 3.14. The van der Waals surface area contributed by atoms with Crippen LogP contribution in [0.3, 0.4) is 0 Å². The van der Waals surface area contributed by atoms with Crippen LogP contribution in [0, 0.1) is 5.82 Å². The molecule has 1 heterocycles. The van der Waals surface area contributed by atoms with Crippen molar-refractivity contribution in [1.29, 1.82) is 0 Å². The van der Waals surface area contributed by atoms with Gasteiger partial charge < -0.3 is 9.88 Å². The molecule has 0 radical (unpaired) electrons. The number of carbonyl (C=O) groups excluding carboxylic acids is 1. The Bertz CT molecular complexity index is 767. The number of hydrogen-bond acceptors (Lipinski definition) is 1. The SMILES string of the molecule is O=C(NCc1ccc(F)cc1)[C@@H](Cc1ccccc1)n1cccc1. The van der Waals surface area contributed by atoms with E-state index in [0.29, 0.717) is 13.0 Å². The van der Waals surface area contributed by atoms with Crippen LogP contribution in [0.5, 0.6) is 0 Å². The van der Waals surface area contributed by atoms with Gasteiger partial charge in [0.25, 0.3) is 0 Å². The van der Waals surface area contributed by atoms with Crippen molar-refractivity contribution in [3.05, 3.63) is 96.1 Å². The van der Waals surface area contributed by atoms with Crippen LogP contribution in [0.15, 0.2) is 79.1 Å². The molecule has 3 nitrogen and oxygen atoms in total. The predicted molar refractivity (Wildman–Crippen MR) is 91.9 cm³/mol. The molecule has 1 N–H and O–H groups in total. The highest BCUT2D eigenvalue weighted by atomic mass is 19.1. The maximum absolute atomic E-state index is 13.0. The molecule has 0 aliphatic carbocycles. The third-order valence-corrected chi connectivity index (χ3v) is 3.94. The van der Waals surface area contributed by atoms with Crippen molar-refractivity contribution in [3.63, 3.8) is 0 Å². The van der Waals surface area contributed by atoms with E-state index in [1.807, 2.05) is 59.4 Å². The molecule has 0 bridgehead atoms. The second kappa shape index (κ2) is 7.59. The molecule has 0 aliphatic rings. The average molecular weight is 322 g/mol. The number of amides is 1. The summed E-state index contributed by atoms with van der Waals surface area (Å²) < 4.78 is 14.9. The van der Waals surface area contributed by atoms with Crippen LogP contribution in [0.25, 0.3) is 0 Å². The van der Waals surface area contributed by atoms with E-state index in [4.69, 9.17) is 0 Å². The molecule has 24 heavy (non-hydrogen) atoms. The quantitative estimate of drug-likeness (QED) is 0.737. The fraction of sp³-hybridized carbons (Fsp3) is 0.150. The summed E-state index contributed by atoms with van der Waals surface area (Å²) in [6.45, 7) is 0.381. The second-order valence-corrected chi connectivity index (χ2v) is 5.68. The Morgan fingerprint density at radius 2 is 1.58 bits per heavy atom. The molecule has 0 aliphatic heterocycles. The van der Waals surface area contributed by atoms with Gasteiger partial charge in [-0.2, -0.15) is 0 Å². The Labute approximate surface area is 140 Å². The summed E-state index contributed by atoms with van der Waals surface area (Å²) in [4.78, 5) is 12.7. The number of rotatable bonds is 6.